The molecule has 0 radical (unpaired) electrons. The van der Waals surface area contributed by atoms with Crippen LogP contribution in [0.4, 0.5) is 0 Å². The van der Waals surface area contributed by atoms with Crippen LogP contribution in [0.15, 0.2) is 5.16 Å². The van der Waals surface area contributed by atoms with Crippen LogP contribution in [0.25, 0.3) is 10.7 Å². The molecule has 0 atom stereocenters. The molecule has 0 aliphatic rings. The van der Waals surface area contributed by atoms with Gasteiger partial charge in [0, 0.05) is 5.41 Å². The van der Waals surface area contributed by atoms with Crippen molar-refractivity contribution in [3.8, 4) is 10.7 Å². The predicted molar refractivity (Wildman–Crippen MR) is 72.3 cm³/mol. The molecule has 0 aliphatic carbocycles. The molecule has 2 aromatic heterocycles. The lowest BCUT2D eigenvalue weighted by atomic mass is 9.91. The Balaban J connectivity index is 2.24. The molecule has 0 aromatic carbocycles. The number of rotatable bonds is 4. The largest absolute Gasteiger partial charge is 0.481 e. The van der Waals surface area contributed by atoms with Crippen LogP contribution in [-0.4, -0.2) is 41.6 Å². The van der Waals surface area contributed by atoms with Gasteiger partial charge in [-0.15, -0.1) is 10.2 Å². The number of aromatic nitrogens is 5. The van der Waals surface area contributed by atoms with E-state index in [0.29, 0.717) is 11.0 Å². The van der Waals surface area contributed by atoms with Crippen LogP contribution in [-0.2, 0) is 10.2 Å². The fraction of sp³-hybridized carbons (Fsp3) is 0.500. The molecular formula is C10H13N5O2S2. The molecule has 2 rings (SSSR count). The van der Waals surface area contributed by atoms with Gasteiger partial charge in [0.15, 0.2) is 5.82 Å². The van der Waals surface area contributed by atoms with Gasteiger partial charge in [-0.3, -0.25) is 9.89 Å². The third-order valence-electron chi connectivity index (χ3n) is 2.20. The first-order valence-electron chi connectivity index (χ1n) is 5.48. The smallest absolute Gasteiger partial charge is 0.313 e. The van der Waals surface area contributed by atoms with Crippen molar-refractivity contribution in [2.75, 3.05) is 5.75 Å². The van der Waals surface area contributed by atoms with Crippen LogP contribution in [0, 0.1) is 0 Å². The van der Waals surface area contributed by atoms with E-state index in [9.17, 15) is 4.79 Å². The molecule has 0 amide bonds. The standard InChI is InChI=1S/C10H13N5O2S2/c1-10(2,3)7-6(19-15-12-7)8-11-9(14-13-8)18-4-5(16)17/h4H2,1-3H3,(H,16,17)(H,11,13,14). The maximum atomic E-state index is 10.5. The number of H-pyrrole nitrogens is 1. The number of nitrogens with zero attached hydrogens (tertiary/aromatic N) is 4. The lowest BCUT2D eigenvalue weighted by Crippen LogP contribution is -2.13. The second-order valence-corrected chi connectivity index (χ2v) is 6.55. The fourth-order valence-corrected chi connectivity index (χ4v) is 2.71. The summed E-state index contributed by atoms with van der Waals surface area (Å²) < 4.78 is 3.95. The van der Waals surface area contributed by atoms with Crippen LogP contribution in [0.2, 0.25) is 0 Å². The fourth-order valence-electron chi connectivity index (χ4n) is 1.38. The van der Waals surface area contributed by atoms with Crippen molar-refractivity contribution in [2.24, 2.45) is 0 Å². The van der Waals surface area contributed by atoms with Crippen LogP contribution in [0.3, 0.4) is 0 Å². The van der Waals surface area contributed by atoms with Gasteiger partial charge in [0.05, 0.1) is 11.4 Å². The van der Waals surface area contributed by atoms with Gasteiger partial charge in [0.2, 0.25) is 5.16 Å². The number of nitrogens with one attached hydrogen (secondary N) is 1. The van der Waals surface area contributed by atoms with E-state index in [2.05, 4.69) is 24.8 Å². The Kier molecular flexibility index (Phi) is 3.85. The number of carboxylic acids is 1. The van der Waals surface area contributed by atoms with Crippen LogP contribution in [0.1, 0.15) is 26.5 Å². The first-order chi connectivity index (χ1) is 8.88. The van der Waals surface area contributed by atoms with Crippen molar-refractivity contribution in [3.05, 3.63) is 5.69 Å². The van der Waals surface area contributed by atoms with E-state index in [-0.39, 0.29) is 11.2 Å². The number of carbonyl (C=O) groups is 1. The number of hydrogen-bond acceptors (Lipinski definition) is 7. The SMILES string of the molecule is CC(C)(C)c1nnsc1-c1nc(SCC(=O)O)n[nH]1. The highest BCUT2D eigenvalue weighted by molar-refractivity contribution is 7.99. The van der Waals surface area contributed by atoms with Gasteiger partial charge < -0.3 is 5.11 Å². The predicted octanol–water partition coefficient (Wildman–Crippen LogP) is 1.80. The second-order valence-electron chi connectivity index (χ2n) is 4.85. The summed E-state index contributed by atoms with van der Waals surface area (Å²) in [5.41, 5.74) is 0.715. The van der Waals surface area contributed by atoms with E-state index in [1.165, 1.54) is 11.5 Å². The normalized spacial score (nSPS) is 11.7. The van der Waals surface area contributed by atoms with E-state index in [0.717, 1.165) is 22.3 Å². The van der Waals surface area contributed by atoms with Gasteiger partial charge in [0.25, 0.3) is 0 Å². The van der Waals surface area contributed by atoms with Crippen LogP contribution >= 0.6 is 23.3 Å². The zero-order valence-corrected chi connectivity index (χ0v) is 12.3. The van der Waals surface area contributed by atoms with Gasteiger partial charge in [-0.1, -0.05) is 37.0 Å². The molecular weight excluding hydrogens is 286 g/mol. The zero-order valence-electron chi connectivity index (χ0n) is 10.7. The summed E-state index contributed by atoms with van der Waals surface area (Å²) >= 11 is 2.32. The van der Waals surface area contributed by atoms with E-state index in [4.69, 9.17) is 5.11 Å². The minimum absolute atomic E-state index is 0.0651. The van der Waals surface area contributed by atoms with Crippen LogP contribution < -0.4 is 0 Å². The molecule has 0 aliphatic heterocycles. The van der Waals surface area contributed by atoms with Gasteiger partial charge >= 0.3 is 5.97 Å². The summed E-state index contributed by atoms with van der Waals surface area (Å²) in [4.78, 5) is 15.6. The number of hydrogen-bond donors (Lipinski definition) is 2. The molecule has 0 bridgehead atoms. The Hall–Kier alpha value is -1.48. The van der Waals surface area contributed by atoms with Crippen molar-refractivity contribution >= 4 is 29.3 Å². The molecule has 9 heteroatoms. The Morgan fingerprint density at radius 2 is 2.21 bits per heavy atom. The van der Waals surface area contributed by atoms with Gasteiger partial charge in [-0.25, -0.2) is 4.98 Å². The van der Waals surface area contributed by atoms with Crippen molar-refractivity contribution in [2.45, 2.75) is 31.3 Å². The molecule has 0 saturated heterocycles. The first kappa shape index (κ1) is 13.9. The number of thioether (sulfide) groups is 1. The monoisotopic (exact) mass is 299 g/mol. The number of carboxylic acid groups (broad SMARTS) is 1. The van der Waals surface area contributed by atoms with Crippen molar-refractivity contribution < 1.29 is 9.90 Å². The molecule has 2 N–H and O–H groups in total. The Bertz CT molecular complexity index is 587. The van der Waals surface area contributed by atoms with Gasteiger partial charge in [-0.05, 0) is 11.5 Å². The third kappa shape index (κ3) is 3.29. The Labute approximate surface area is 118 Å². The average molecular weight is 299 g/mol. The Morgan fingerprint density at radius 1 is 1.47 bits per heavy atom. The lowest BCUT2D eigenvalue weighted by molar-refractivity contribution is -0.133. The van der Waals surface area contributed by atoms with E-state index in [1.807, 2.05) is 20.8 Å². The molecule has 0 saturated carbocycles. The second kappa shape index (κ2) is 5.25. The summed E-state index contributed by atoms with van der Waals surface area (Å²) in [7, 11) is 0. The lowest BCUT2D eigenvalue weighted by Gasteiger charge is -2.15. The zero-order chi connectivity index (χ0) is 14.0. The van der Waals surface area contributed by atoms with E-state index in [1.54, 1.807) is 0 Å². The number of aliphatic carboxylic acids is 1. The molecule has 2 aromatic rings. The highest BCUT2D eigenvalue weighted by atomic mass is 32.2. The van der Waals surface area contributed by atoms with Crippen LogP contribution in [0.5, 0.6) is 0 Å². The summed E-state index contributed by atoms with van der Waals surface area (Å²) in [6, 6.07) is 0. The summed E-state index contributed by atoms with van der Waals surface area (Å²) in [5, 5.41) is 19.9. The van der Waals surface area contributed by atoms with Crippen molar-refractivity contribution in [3.63, 3.8) is 0 Å². The molecule has 0 spiro atoms. The first-order valence-corrected chi connectivity index (χ1v) is 7.24. The topological polar surface area (TPSA) is 105 Å². The minimum atomic E-state index is -0.897. The van der Waals surface area contributed by atoms with Gasteiger partial charge in [-0.2, -0.15) is 0 Å². The summed E-state index contributed by atoms with van der Waals surface area (Å²) in [6.07, 6.45) is 0. The third-order valence-corrected chi connectivity index (χ3v) is 3.77. The molecule has 7 nitrogen and oxygen atoms in total. The highest BCUT2D eigenvalue weighted by Gasteiger charge is 2.25. The molecule has 2 heterocycles. The average Bonchev–Trinajstić information content (AvgIpc) is 2.93. The molecule has 0 fully saturated rings. The summed E-state index contributed by atoms with van der Waals surface area (Å²) in [6.45, 7) is 6.14. The summed E-state index contributed by atoms with van der Waals surface area (Å²) in [5.74, 6) is -0.385. The quantitative estimate of drug-likeness (QED) is 0.829. The highest BCUT2D eigenvalue weighted by Crippen LogP contribution is 2.32. The molecule has 19 heavy (non-hydrogen) atoms. The van der Waals surface area contributed by atoms with E-state index < -0.39 is 5.97 Å². The maximum Gasteiger partial charge on any atom is 0.313 e. The maximum absolute atomic E-state index is 10.5. The molecule has 0 unspecified atom stereocenters. The minimum Gasteiger partial charge on any atom is -0.481 e. The van der Waals surface area contributed by atoms with Gasteiger partial charge in [0.1, 0.15) is 4.88 Å². The van der Waals surface area contributed by atoms with Crippen molar-refractivity contribution in [1.29, 1.82) is 0 Å². The number of aromatic amines is 1. The van der Waals surface area contributed by atoms with E-state index >= 15 is 0 Å². The molecule has 102 valence electrons. The van der Waals surface area contributed by atoms with Crippen molar-refractivity contribution in [1.82, 2.24) is 24.8 Å². The Morgan fingerprint density at radius 3 is 2.84 bits per heavy atom.